The Morgan fingerprint density at radius 3 is 1.00 bits per heavy atom. The van der Waals surface area contributed by atoms with Gasteiger partial charge in [0.2, 0.25) is 6.04 Å². The highest BCUT2D eigenvalue weighted by Gasteiger charge is 2.41. The van der Waals surface area contributed by atoms with Gasteiger partial charge < -0.3 is 9.13 Å². The second-order valence-electron chi connectivity index (χ2n) is 31.9. The van der Waals surface area contributed by atoms with Crippen molar-refractivity contribution >= 4 is 99.9 Å². The first-order valence-electron chi connectivity index (χ1n) is 43.2. The molecule has 24 rings (SSSR count). The van der Waals surface area contributed by atoms with Crippen LogP contribution in [0, 0.1) is 0 Å². The van der Waals surface area contributed by atoms with E-state index in [1.807, 2.05) is 24.4 Å². The van der Waals surface area contributed by atoms with Crippen LogP contribution in [0.25, 0.3) is 139 Å². The van der Waals surface area contributed by atoms with Crippen LogP contribution in [0.1, 0.15) is 33.9 Å². The summed E-state index contributed by atoms with van der Waals surface area (Å²) in [6, 6.07) is 169. The molecule has 0 saturated heterocycles. The van der Waals surface area contributed by atoms with Crippen molar-refractivity contribution < 1.29 is 9.15 Å². The molecule has 2 aliphatic heterocycles. The van der Waals surface area contributed by atoms with Crippen molar-refractivity contribution in [2.24, 2.45) is 9.98 Å². The zero-order chi connectivity index (χ0) is 84.4. The van der Waals surface area contributed by atoms with Crippen molar-refractivity contribution in [2.75, 3.05) is 6.54 Å². The molecule has 5 aromatic heterocycles. The monoisotopic (exact) mass is 1630 g/mol. The lowest BCUT2D eigenvalue weighted by Crippen LogP contribution is -2.22. The Morgan fingerprint density at radius 1 is 0.236 bits per heavy atom. The molecule has 2 aliphatic rings. The quantitative estimate of drug-likeness (QED) is 0.0960. The van der Waals surface area contributed by atoms with Gasteiger partial charge in [-0.3, -0.25) is 4.57 Å². The molecule has 9 heteroatoms. The van der Waals surface area contributed by atoms with Crippen LogP contribution in [-0.2, 0) is 0 Å². The number of pyridine rings is 2. The number of aromatic nitrogens is 5. The number of nitrogens with zero attached hydrogens (tertiary/aromatic N) is 9. The summed E-state index contributed by atoms with van der Waals surface area (Å²) in [5.74, 6) is 2.82. The van der Waals surface area contributed by atoms with Gasteiger partial charge in [-0.2, -0.15) is 9.15 Å². The standard InChI is InChI=1S/C46H31N3.C39H28N3.C33H24N3/c1-5-13-32(14-6-1)36-21-24-44-40(27-36)41-28-37(33-15-7-2-8-16-33)22-25-45(41)49(44)46-26-23-38(31-47-46)39-29-42(34-17-9-3-10-18-34)48-43(30-39)35-19-11-4-12-20-35;1-4-14-28(15-5-1)37-38(29-16-6-2-7-17-29)42(39(40-37)30-18-8-3-9-19-30)32-26-24-31(25-27-32)41-35-22-12-10-20-33(35)34-21-11-13-23-36(34)41;1-3-11-24(12-4-1)32-23-34-33(25-13-5-2-6-14-25)36(32)27-21-19-26(20-22-27)35-30-17-9-7-15-28(30)29-16-8-10-18-31(29)35/h1-31H;1-27,37H;1-22H,23H2/q;2*+1. The Hall–Kier alpha value is -16.9. The van der Waals surface area contributed by atoms with Gasteiger partial charge in [0, 0.05) is 83.3 Å². The molecule has 0 aliphatic carbocycles. The number of aliphatic imine (C=N–C) groups is 2. The Kier molecular flexibility index (Phi) is 20.3. The lowest BCUT2D eigenvalue weighted by molar-refractivity contribution is -0.301. The van der Waals surface area contributed by atoms with Gasteiger partial charge in [-0.1, -0.05) is 344 Å². The summed E-state index contributed by atoms with van der Waals surface area (Å²) in [5.41, 5.74) is 30.6. The molecule has 0 fully saturated rings. The molecule has 0 spiro atoms. The molecule has 1 unspecified atom stereocenters. The van der Waals surface area contributed by atoms with E-state index >= 15 is 0 Å². The highest BCUT2D eigenvalue weighted by atomic mass is 15.2. The van der Waals surface area contributed by atoms with Crippen LogP contribution in [0.2, 0.25) is 0 Å². The molecule has 0 saturated carbocycles. The Labute approximate surface area is 736 Å². The first-order chi connectivity index (χ1) is 63.0. The predicted octanol–water partition coefficient (Wildman–Crippen LogP) is 28.4. The van der Waals surface area contributed by atoms with Crippen LogP contribution < -0.4 is 0 Å². The highest BCUT2D eigenvalue weighted by Crippen LogP contribution is 2.42. The minimum Gasteiger partial charge on any atom is -0.309 e. The largest absolute Gasteiger partial charge is 0.331 e. The highest BCUT2D eigenvalue weighted by molar-refractivity contribution is 6.15. The van der Waals surface area contributed by atoms with Gasteiger partial charge in [-0.25, -0.2) is 9.97 Å². The maximum absolute atomic E-state index is 5.40. The fourth-order valence-electron chi connectivity index (χ4n) is 18.3. The minimum absolute atomic E-state index is 0.124. The van der Waals surface area contributed by atoms with Gasteiger partial charge in [0.05, 0.1) is 55.6 Å². The molecule has 9 nitrogen and oxygen atoms in total. The lowest BCUT2D eigenvalue weighted by atomic mass is 9.97. The minimum atomic E-state index is -0.124. The van der Waals surface area contributed by atoms with E-state index in [0.717, 1.165) is 107 Å². The summed E-state index contributed by atoms with van der Waals surface area (Å²) in [5, 5.41) is 7.48. The molecule has 17 aromatic carbocycles. The van der Waals surface area contributed by atoms with Crippen molar-refractivity contribution in [3.05, 3.63) is 513 Å². The molecular weight excluding hydrogens is 1540 g/mol. The van der Waals surface area contributed by atoms with Gasteiger partial charge in [-0.05, 0) is 173 Å². The molecule has 127 heavy (non-hydrogen) atoms. The van der Waals surface area contributed by atoms with Crippen molar-refractivity contribution in [3.63, 3.8) is 0 Å². The van der Waals surface area contributed by atoms with Crippen LogP contribution in [-0.4, -0.2) is 62.5 Å². The molecule has 0 bridgehead atoms. The van der Waals surface area contributed by atoms with Gasteiger partial charge in [-0.15, -0.1) is 0 Å². The molecule has 22 aromatic rings. The SMILES string of the molecule is c1ccc(-c2ccc3c(c2)c2cc(-c4ccccc4)ccc2n3-c2ccc(-c3cc(-c4ccccc4)nc(-c4ccccc4)c3)cn2)cc1.c1ccc(C2=NC(c3ccccc3)C(c3ccccc3)=[N+]2c2ccc(-n3c4ccccc4c4ccccc43)cc2)cc1.c1ccc(C2=NCC(c3ccccc3)=[N+]2c2ccc(-n3c4ccccc4c4ccccc43)cc2)cc1. The molecule has 598 valence electrons. The van der Waals surface area contributed by atoms with Crippen molar-refractivity contribution in [1.29, 1.82) is 0 Å². The fourth-order valence-corrected chi connectivity index (χ4v) is 18.3. The predicted molar refractivity (Wildman–Crippen MR) is 526 cm³/mol. The average Bonchev–Trinajstić information content (AvgIpc) is 1.59. The number of fused-ring (bicyclic) bond motifs is 9. The van der Waals surface area contributed by atoms with Gasteiger partial charge >= 0.3 is 11.7 Å². The van der Waals surface area contributed by atoms with E-state index in [2.05, 4.69) is 484 Å². The van der Waals surface area contributed by atoms with E-state index in [4.69, 9.17) is 20.0 Å². The zero-order valence-corrected chi connectivity index (χ0v) is 69.5. The van der Waals surface area contributed by atoms with Crippen LogP contribution in [0.3, 0.4) is 0 Å². The normalized spacial score (nSPS) is 13.1. The molecule has 0 amide bonds. The summed E-state index contributed by atoms with van der Waals surface area (Å²) in [6.07, 6.45) is 1.99. The van der Waals surface area contributed by atoms with Crippen LogP contribution >= 0.6 is 0 Å². The summed E-state index contributed by atoms with van der Waals surface area (Å²) in [4.78, 5) is 20.5. The third-order valence-corrected chi connectivity index (χ3v) is 24.3. The van der Waals surface area contributed by atoms with E-state index in [1.54, 1.807) is 0 Å². The molecule has 1 atom stereocenters. The van der Waals surface area contributed by atoms with Gasteiger partial charge in [0.1, 0.15) is 17.2 Å². The van der Waals surface area contributed by atoms with E-state index < -0.39 is 0 Å². The Balaban J connectivity index is 0.000000114. The van der Waals surface area contributed by atoms with Crippen molar-refractivity contribution in [2.45, 2.75) is 6.04 Å². The first-order valence-corrected chi connectivity index (χ1v) is 43.2. The third-order valence-electron chi connectivity index (χ3n) is 24.3. The van der Waals surface area contributed by atoms with Gasteiger partial charge in [0.25, 0.3) is 0 Å². The number of hydrogen-bond donors (Lipinski definition) is 0. The molecule has 0 radical (unpaired) electrons. The second-order valence-corrected chi connectivity index (χ2v) is 31.9. The number of rotatable bonds is 15. The summed E-state index contributed by atoms with van der Waals surface area (Å²) in [7, 11) is 0. The smallest absolute Gasteiger partial charge is 0.309 e. The maximum Gasteiger partial charge on any atom is 0.331 e. The van der Waals surface area contributed by atoms with E-state index in [-0.39, 0.29) is 6.04 Å². The molecule has 7 heterocycles. The fraction of sp³-hybridized carbons (Fsp3) is 0.0169. The number of benzene rings is 17. The average molecular weight is 1630 g/mol. The van der Waals surface area contributed by atoms with Gasteiger partial charge in [0.15, 0.2) is 18.0 Å². The zero-order valence-electron chi connectivity index (χ0n) is 69.5. The third kappa shape index (κ3) is 14.7. The number of amidine groups is 2. The summed E-state index contributed by atoms with van der Waals surface area (Å²) in [6.45, 7) is 0.656. The Bertz CT molecular complexity index is 7670. The molecular formula is C118H83N9+2. The van der Waals surface area contributed by atoms with E-state index in [0.29, 0.717) is 6.54 Å². The number of para-hydroxylation sites is 4. The summed E-state index contributed by atoms with van der Waals surface area (Å²) >= 11 is 0. The number of hydrogen-bond acceptors (Lipinski definition) is 4. The molecule has 0 N–H and O–H groups in total. The second kappa shape index (κ2) is 33.9. The van der Waals surface area contributed by atoms with Crippen molar-refractivity contribution in [1.82, 2.24) is 23.7 Å². The van der Waals surface area contributed by atoms with Crippen LogP contribution in [0.5, 0.6) is 0 Å². The summed E-state index contributed by atoms with van der Waals surface area (Å²) < 4.78 is 11.7. The van der Waals surface area contributed by atoms with E-state index in [9.17, 15) is 0 Å². The Morgan fingerprint density at radius 2 is 0.583 bits per heavy atom. The first kappa shape index (κ1) is 76.3. The maximum atomic E-state index is 5.40. The topological polar surface area (TPSA) is 71.3 Å². The van der Waals surface area contributed by atoms with Crippen molar-refractivity contribution in [3.8, 4) is 73.1 Å². The lowest BCUT2D eigenvalue weighted by Gasteiger charge is -2.12. The van der Waals surface area contributed by atoms with E-state index in [1.165, 1.54) is 93.5 Å². The van der Waals surface area contributed by atoms with Crippen LogP contribution in [0.15, 0.2) is 495 Å². The van der Waals surface area contributed by atoms with Crippen LogP contribution in [0.4, 0.5) is 11.4 Å².